The van der Waals surface area contributed by atoms with E-state index in [1.165, 1.54) is 14.1 Å². The molecule has 0 aliphatic carbocycles. The maximum atomic E-state index is 9.83. The van der Waals surface area contributed by atoms with Crippen LogP contribution in [-0.2, 0) is 14.1 Å². The van der Waals surface area contributed by atoms with Crippen LogP contribution in [0, 0.1) is 0 Å². The fourth-order valence-electron chi connectivity index (χ4n) is 2.01. The van der Waals surface area contributed by atoms with Crippen molar-refractivity contribution < 1.29 is 24.8 Å². The number of rotatable bonds is 0. The lowest BCUT2D eigenvalue weighted by atomic mass is 10.3. The molecule has 0 fully saturated rings. The average molecular weight is 238 g/mol. The SMILES string of the molecule is Cn1c(O)c2oc3c(O)n(C)c(O)c3c2c1O. The van der Waals surface area contributed by atoms with Crippen molar-refractivity contribution >= 4 is 21.9 Å². The van der Waals surface area contributed by atoms with E-state index < -0.39 is 0 Å². The van der Waals surface area contributed by atoms with Crippen molar-refractivity contribution in [2.45, 2.75) is 0 Å². The van der Waals surface area contributed by atoms with E-state index in [1.54, 1.807) is 0 Å². The van der Waals surface area contributed by atoms with Crippen molar-refractivity contribution in [2.24, 2.45) is 14.1 Å². The van der Waals surface area contributed by atoms with Crippen LogP contribution in [0.15, 0.2) is 4.42 Å². The fourth-order valence-corrected chi connectivity index (χ4v) is 2.01. The molecule has 0 bridgehead atoms. The van der Waals surface area contributed by atoms with Crippen LogP contribution in [0.5, 0.6) is 23.5 Å². The van der Waals surface area contributed by atoms with Gasteiger partial charge < -0.3 is 24.8 Å². The Kier molecular flexibility index (Phi) is 1.51. The molecule has 0 aliphatic rings. The highest BCUT2D eigenvalue weighted by atomic mass is 16.4. The van der Waals surface area contributed by atoms with Crippen molar-refractivity contribution in [3.63, 3.8) is 0 Å². The zero-order valence-electron chi connectivity index (χ0n) is 9.09. The summed E-state index contributed by atoms with van der Waals surface area (Å²) in [7, 11) is 2.90. The van der Waals surface area contributed by atoms with E-state index in [0.717, 1.165) is 9.13 Å². The highest BCUT2D eigenvalue weighted by Gasteiger charge is 2.27. The van der Waals surface area contributed by atoms with Crippen LogP contribution in [0.4, 0.5) is 0 Å². The van der Waals surface area contributed by atoms with Crippen molar-refractivity contribution in [3.8, 4) is 23.5 Å². The number of aromatic nitrogens is 2. The number of nitrogens with zero attached hydrogens (tertiary/aromatic N) is 2. The normalized spacial score (nSPS) is 11.9. The maximum Gasteiger partial charge on any atom is 0.238 e. The second kappa shape index (κ2) is 2.62. The lowest BCUT2D eigenvalue weighted by molar-refractivity contribution is 0.384. The third-order valence-electron chi connectivity index (χ3n) is 3.03. The Bertz CT molecular complexity index is 698. The first kappa shape index (κ1) is 9.76. The van der Waals surface area contributed by atoms with Crippen molar-refractivity contribution in [3.05, 3.63) is 0 Å². The second-order valence-corrected chi connectivity index (χ2v) is 3.92. The molecular formula is C10H10N2O5. The van der Waals surface area contributed by atoms with Crippen LogP contribution in [0.25, 0.3) is 21.9 Å². The van der Waals surface area contributed by atoms with Gasteiger partial charge >= 0.3 is 0 Å². The third-order valence-corrected chi connectivity index (χ3v) is 3.03. The molecule has 0 saturated heterocycles. The molecule has 7 heteroatoms. The Labute approximate surface area is 94.3 Å². The Morgan fingerprint density at radius 2 is 1.06 bits per heavy atom. The molecule has 17 heavy (non-hydrogen) atoms. The van der Waals surface area contributed by atoms with Gasteiger partial charge in [-0.3, -0.25) is 9.13 Å². The van der Waals surface area contributed by atoms with Gasteiger partial charge in [0.05, 0.1) is 10.8 Å². The molecule has 0 radical (unpaired) electrons. The maximum absolute atomic E-state index is 9.83. The quantitative estimate of drug-likeness (QED) is 0.469. The minimum absolute atomic E-state index is 0.0289. The van der Waals surface area contributed by atoms with E-state index in [0.29, 0.717) is 0 Å². The van der Waals surface area contributed by atoms with Gasteiger partial charge in [0, 0.05) is 14.1 Å². The highest BCUT2D eigenvalue weighted by Crippen LogP contribution is 2.48. The molecule has 3 aromatic heterocycles. The number of fused-ring (bicyclic) bond motifs is 3. The molecule has 90 valence electrons. The monoisotopic (exact) mass is 238 g/mol. The van der Waals surface area contributed by atoms with Crippen LogP contribution in [0.1, 0.15) is 0 Å². The zero-order valence-corrected chi connectivity index (χ0v) is 9.09. The highest BCUT2D eigenvalue weighted by molar-refractivity contribution is 6.14. The van der Waals surface area contributed by atoms with Crippen LogP contribution >= 0.6 is 0 Å². The summed E-state index contributed by atoms with van der Waals surface area (Å²) in [6, 6.07) is 0. The average Bonchev–Trinajstić information content (AvgIpc) is 2.86. The van der Waals surface area contributed by atoms with E-state index in [4.69, 9.17) is 4.42 Å². The Morgan fingerprint density at radius 3 is 1.41 bits per heavy atom. The third kappa shape index (κ3) is 0.873. The molecule has 4 N–H and O–H groups in total. The first-order valence-corrected chi connectivity index (χ1v) is 4.84. The molecule has 7 nitrogen and oxygen atoms in total. The van der Waals surface area contributed by atoms with Gasteiger partial charge in [0.15, 0.2) is 0 Å². The van der Waals surface area contributed by atoms with Crippen molar-refractivity contribution in [1.82, 2.24) is 9.13 Å². The molecule has 0 amide bonds. The molecule has 3 rings (SSSR count). The van der Waals surface area contributed by atoms with E-state index in [9.17, 15) is 20.4 Å². The minimum atomic E-state index is -0.268. The molecular weight excluding hydrogens is 228 g/mol. The second-order valence-electron chi connectivity index (χ2n) is 3.92. The summed E-state index contributed by atoms with van der Waals surface area (Å²) in [6.07, 6.45) is 0. The topological polar surface area (TPSA) is 104 Å². The van der Waals surface area contributed by atoms with Crippen LogP contribution in [0.2, 0.25) is 0 Å². The molecule has 0 saturated carbocycles. The van der Waals surface area contributed by atoms with Gasteiger partial charge in [-0.25, -0.2) is 0 Å². The lowest BCUT2D eigenvalue weighted by Gasteiger charge is -1.95. The summed E-state index contributed by atoms with van der Waals surface area (Å²) in [4.78, 5) is 0. The molecule has 3 heterocycles. The molecule has 0 spiro atoms. The number of furan rings is 1. The zero-order chi connectivity index (χ0) is 12.5. The predicted octanol–water partition coefficient (Wildman–Crippen LogP) is 1.09. The van der Waals surface area contributed by atoms with E-state index in [-0.39, 0.29) is 45.5 Å². The van der Waals surface area contributed by atoms with E-state index >= 15 is 0 Å². The van der Waals surface area contributed by atoms with E-state index in [2.05, 4.69) is 0 Å². The largest absolute Gasteiger partial charge is 0.494 e. The van der Waals surface area contributed by atoms with Crippen LogP contribution in [-0.4, -0.2) is 29.6 Å². The summed E-state index contributed by atoms with van der Waals surface area (Å²) < 4.78 is 7.50. The van der Waals surface area contributed by atoms with Gasteiger partial charge in [0.2, 0.25) is 34.7 Å². The fraction of sp³-hybridized carbons (Fsp3) is 0.200. The Hall–Kier alpha value is -2.44. The van der Waals surface area contributed by atoms with Crippen LogP contribution in [0.3, 0.4) is 0 Å². The van der Waals surface area contributed by atoms with Gasteiger partial charge in [-0.15, -0.1) is 0 Å². The Balaban J connectivity index is 2.67. The number of hydrogen-bond acceptors (Lipinski definition) is 5. The summed E-state index contributed by atoms with van der Waals surface area (Å²) in [6.45, 7) is 0. The standard InChI is InChI=1S/C10H10N2O5/c1-11-7(13)3-4-6(17-5(3)9(11)15)10(16)12(2)8(4)14/h13-16H,1-2H3. The van der Waals surface area contributed by atoms with Crippen LogP contribution < -0.4 is 0 Å². The minimum Gasteiger partial charge on any atom is -0.494 e. The van der Waals surface area contributed by atoms with Gasteiger partial charge in [0.1, 0.15) is 0 Å². The Morgan fingerprint density at radius 1 is 0.706 bits per heavy atom. The van der Waals surface area contributed by atoms with Crippen molar-refractivity contribution in [2.75, 3.05) is 0 Å². The molecule has 0 aromatic carbocycles. The summed E-state index contributed by atoms with van der Waals surface area (Å²) >= 11 is 0. The molecule has 0 aliphatic heterocycles. The van der Waals surface area contributed by atoms with Gasteiger partial charge in [-0.05, 0) is 0 Å². The first-order chi connectivity index (χ1) is 7.95. The van der Waals surface area contributed by atoms with Gasteiger partial charge in [-0.1, -0.05) is 0 Å². The predicted molar refractivity (Wildman–Crippen MR) is 58.3 cm³/mol. The number of aromatic hydroxyl groups is 4. The summed E-state index contributed by atoms with van der Waals surface area (Å²) in [5, 5.41) is 39.4. The van der Waals surface area contributed by atoms with E-state index in [1.807, 2.05) is 0 Å². The van der Waals surface area contributed by atoms with Gasteiger partial charge in [-0.2, -0.15) is 0 Å². The molecule has 0 unspecified atom stereocenters. The summed E-state index contributed by atoms with van der Waals surface area (Å²) in [5.41, 5.74) is 0.0578. The lowest BCUT2D eigenvalue weighted by Crippen LogP contribution is -1.84. The van der Waals surface area contributed by atoms with Crippen molar-refractivity contribution in [1.29, 1.82) is 0 Å². The van der Waals surface area contributed by atoms with Gasteiger partial charge in [0.25, 0.3) is 0 Å². The number of hydrogen-bond donors (Lipinski definition) is 4. The molecule has 0 atom stereocenters. The smallest absolute Gasteiger partial charge is 0.238 e. The molecule has 3 aromatic rings. The first-order valence-electron chi connectivity index (χ1n) is 4.84. The summed E-state index contributed by atoms with van der Waals surface area (Å²) in [5.74, 6) is -1.01.